The maximum absolute atomic E-state index is 12.5. The van der Waals surface area contributed by atoms with E-state index in [1.807, 2.05) is 11.0 Å². The van der Waals surface area contributed by atoms with E-state index in [1.54, 1.807) is 18.4 Å². The van der Waals surface area contributed by atoms with Gasteiger partial charge in [0.25, 0.3) is 0 Å². The summed E-state index contributed by atoms with van der Waals surface area (Å²) in [5.41, 5.74) is 2.61. The lowest BCUT2D eigenvalue weighted by Gasteiger charge is -2.27. The minimum Gasteiger partial charge on any atom is -0.356 e. The summed E-state index contributed by atoms with van der Waals surface area (Å²) in [4.78, 5) is 20.1. The first-order valence-electron chi connectivity index (χ1n) is 9.50. The van der Waals surface area contributed by atoms with Crippen LogP contribution in [0.1, 0.15) is 35.3 Å². The molecule has 5 nitrogen and oxygen atoms in total. The molecule has 0 saturated heterocycles. The first kappa shape index (κ1) is 22.7. The number of halogens is 1. The first-order valence-corrected chi connectivity index (χ1v) is 10.4. The SMILES string of the molecule is CN=C(NCCC(=O)N1CCc2sccc2C1)NCC(C)c1ccccc1.I. The highest BCUT2D eigenvalue weighted by molar-refractivity contribution is 14.0. The standard InChI is InChI=1S/C21H28N4OS.HI/c1-16(17-6-4-3-5-7-17)14-24-21(22-2)23-11-8-20(26)25-12-9-19-18(15-25)10-13-27-19;/h3-7,10,13,16H,8-9,11-12,14-15H2,1-2H3,(H2,22,23,24);1H. The molecule has 0 radical (unpaired) electrons. The van der Waals surface area contributed by atoms with Crippen LogP contribution in [0.25, 0.3) is 0 Å². The Kier molecular flexibility index (Phi) is 9.24. The molecule has 1 aliphatic rings. The van der Waals surface area contributed by atoms with Gasteiger partial charge in [-0.3, -0.25) is 9.79 Å². The number of hydrogen-bond acceptors (Lipinski definition) is 3. The molecule has 7 heteroatoms. The topological polar surface area (TPSA) is 56.7 Å². The van der Waals surface area contributed by atoms with Crippen molar-refractivity contribution in [3.63, 3.8) is 0 Å². The number of nitrogens with one attached hydrogen (secondary N) is 2. The molecule has 1 atom stereocenters. The van der Waals surface area contributed by atoms with Crippen molar-refractivity contribution in [3.05, 3.63) is 57.8 Å². The van der Waals surface area contributed by atoms with Crippen LogP contribution in [0.2, 0.25) is 0 Å². The summed E-state index contributed by atoms with van der Waals surface area (Å²) in [5, 5.41) is 8.72. The van der Waals surface area contributed by atoms with Crippen molar-refractivity contribution in [1.82, 2.24) is 15.5 Å². The molecule has 0 spiro atoms. The van der Waals surface area contributed by atoms with Gasteiger partial charge in [-0.15, -0.1) is 35.3 Å². The quantitative estimate of drug-likeness (QED) is 0.353. The lowest BCUT2D eigenvalue weighted by molar-refractivity contribution is -0.131. The van der Waals surface area contributed by atoms with E-state index in [2.05, 4.69) is 58.3 Å². The number of aliphatic imine (C=N–C) groups is 1. The third-order valence-electron chi connectivity index (χ3n) is 4.96. The van der Waals surface area contributed by atoms with E-state index in [0.29, 0.717) is 18.9 Å². The molecule has 0 fully saturated rings. The number of carbonyl (C=O) groups is 1. The number of amides is 1. The van der Waals surface area contributed by atoms with E-state index in [0.717, 1.165) is 32.0 Å². The summed E-state index contributed by atoms with van der Waals surface area (Å²) in [7, 11) is 1.76. The van der Waals surface area contributed by atoms with Gasteiger partial charge in [0.05, 0.1) is 0 Å². The zero-order valence-corrected chi connectivity index (χ0v) is 19.6. The average Bonchev–Trinajstić information content (AvgIpc) is 3.18. The Labute approximate surface area is 188 Å². The molecular formula is C21H29IN4OS. The van der Waals surface area contributed by atoms with Crippen LogP contribution in [0.5, 0.6) is 0 Å². The number of hydrogen-bond donors (Lipinski definition) is 2. The van der Waals surface area contributed by atoms with Crippen LogP contribution in [0.4, 0.5) is 0 Å². The van der Waals surface area contributed by atoms with Crippen LogP contribution in [-0.4, -0.2) is 43.4 Å². The summed E-state index contributed by atoms with van der Waals surface area (Å²) in [6.07, 6.45) is 1.46. The minimum absolute atomic E-state index is 0. The predicted molar refractivity (Wildman–Crippen MR) is 128 cm³/mol. The van der Waals surface area contributed by atoms with Crippen molar-refractivity contribution in [3.8, 4) is 0 Å². The normalized spacial score (nSPS) is 14.6. The van der Waals surface area contributed by atoms with E-state index < -0.39 is 0 Å². The van der Waals surface area contributed by atoms with E-state index in [9.17, 15) is 4.79 Å². The predicted octanol–water partition coefficient (Wildman–Crippen LogP) is 3.61. The van der Waals surface area contributed by atoms with Crippen LogP contribution in [0.15, 0.2) is 46.8 Å². The summed E-state index contributed by atoms with van der Waals surface area (Å²) < 4.78 is 0. The fourth-order valence-electron chi connectivity index (χ4n) is 3.28. The molecule has 1 aliphatic heterocycles. The second-order valence-electron chi connectivity index (χ2n) is 6.88. The van der Waals surface area contributed by atoms with E-state index >= 15 is 0 Å². The molecule has 3 rings (SSSR count). The maximum Gasteiger partial charge on any atom is 0.224 e. The van der Waals surface area contributed by atoms with Crippen molar-refractivity contribution in [2.75, 3.05) is 26.7 Å². The Morgan fingerprint density at radius 2 is 2.04 bits per heavy atom. The van der Waals surface area contributed by atoms with Crippen LogP contribution < -0.4 is 10.6 Å². The number of nitrogens with zero attached hydrogens (tertiary/aromatic N) is 2. The average molecular weight is 512 g/mol. The van der Waals surface area contributed by atoms with E-state index in [1.165, 1.54) is 16.0 Å². The van der Waals surface area contributed by atoms with Gasteiger partial charge in [0, 0.05) is 44.5 Å². The van der Waals surface area contributed by atoms with Gasteiger partial charge in [-0.1, -0.05) is 37.3 Å². The number of thiophene rings is 1. The molecule has 1 amide bonds. The van der Waals surface area contributed by atoms with Gasteiger partial charge in [-0.25, -0.2) is 0 Å². The Balaban J connectivity index is 0.00000280. The van der Waals surface area contributed by atoms with Crippen molar-refractivity contribution in [2.45, 2.75) is 32.2 Å². The van der Waals surface area contributed by atoms with Gasteiger partial charge in [-0.05, 0) is 34.9 Å². The number of carbonyl (C=O) groups excluding carboxylic acids is 1. The van der Waals surface area contributed by atoms with Crippen molar-refractivity contribution in [2.24, 2.45) is 4.99 Å². The Morgan fingerprint density at radius 1 is 1.25 bits per heavy atom. The molecule has 2 heterocycles. The van der Waals surface area contributed by atoms with Crippen LogP contribution in [-0.2, 0) is 17.8 Å². The van der Waals surface area contributed by atoms with Crippen molar-refractivity contribution in [1.29, 1.82) is 0 Å². The van der Waals surface area contributed by atoms with Crippen molar-refractivity contribution < 1.29 is 4.79 Å². The summed E-state index contributed by atoms with van der Waals surface area (Å²) in [6, 6.07) is 12.6. The molecule has 2 aromatic rings. The summed E-state index contributed by atoms with van der Waals surface area (Å²) in [6.45, 7) is 5.15. The molecule has 1 unspecified atom stereocenters. The first-order chi connectivity index (χ1) is 13.2. The second-order valence-corrected chi connectivity index (χ2v) is 7.88. The molecule has 0 aliphatic carbocycles. The van der Waals surface area contributed by atoms with Gasteiger partial charge in [-0.2, -0.15) is 0 Å². The third kappa shape index (κ3) is 6.20. The molecule has 1 aromatic carbocycles. The van der Waals surface area contributed by atoms with Gasteiger partial charge >= 0.3 is 0 Å². The van der Waals surface area contributed by atoms with E-state index in [4.69, 9.17) is 0 Å². The van der Waals surface area contributed by atoms with Gasteiger partial charge in [0.2, 0.25) is 5.91 Å². The largest absolute Gasteiger partial charge is 0.356 e. The highest BCUT2D eigenvalue weighted by Crippen LogP contribution is 2.24. The van der Waals surface area contributed by atoms with E-state index in [-0.39, 0.29) is 29.9 Å². The third-order valence-corrected chi connectivity index (χ3v) is 5.98. The Bertz CT molecular complexity index is 778. The zero-order valence-electron chi connectivity index (χ0n) is 16.5. The van der Waals surface area contributed by atoms with Crippen LogP contribution in [0.3, 0.4) is 0 Å². The number of guanidine groups is 1. The summed E-state index contributed by atoms with van der Waals surface area (Å²) in [5.74, 6) is 1.33. The molecule has 152 valence electrons. The number of rotatable bonds is 6. The second kappa shape index (κ2) is 11.4. The lowest BCUT2D eigenvalue weighted by Crippen LogP contribution is -2.42. The highest BCUT2D eigenvalue weighted by Gasteiger charge is 2.21. The number of fused-ring (bicyclic) bond motifs is 1. The smallest absolute Gasteiger partial charge is 0.224 e. The fourth-order valence-corrected chi connectivity index (χ4v) is 4.17. The van der Waals surface area contributed by atoms with Gasteiger partial charge < -0.3 is 15.5 Å². The molecule has 28 heavy (non-hydrogen) atoms. The molecule has 2 N–H and O–H groups in total. The molecule has 0 bridgehead atoms. The monoisotopic (exact) mass is 512 g/mol. The van der Waals surface area contributed by atoms with Gasteiger partial charge in [0.15, 0.2) is 5.96 Å². The molecular weight excluding hydrogens is 483 g/mol. The Morgan fingerprint density at radius 3 is 2.79 bits per heavy atom. The molecule has 1 aromatic heterocycles. The van der Waals surface area contributed by atoms with Gasteiger partial charge in [0.1, 0.15) is 0 Å². The zero-order chi connectivity index (χ0) is 19.1. The van der Waals surface area contributed by atoms with Crippen molar-refractivity contribution >= 4 is 47.2 Å². The van der Waals surface area contributed by atoms with Crippen LogP contribution in [0, 0.1) is 0 Å². The van der Waals surface area contributed by atoms with Crippen LogP contribution >= 0.6 is 35.3 Å². The summed E-state index contributed by atoms with van der Waals surface area (Å²) >= 11 is 1.80. The lowest BCUT2D eigenvalue weighted by atomic mass is 10.0. The number of benzene rings is 1. The minimum atomic E-state index is 0. The highest BCUT2D eigenvalue weighted by atomic mass is 127. The Hall–Kier alpha value is -1.61. The maximum atomic E-state index is 12.5. The molecule has 0 saturated carbocycles. The fraction of sp³-hybridized carbons (Fsp3) is 0.429.